The molecule has 2 aromatic carbocycles. The molecule has 16 heavy (non-hydrogen) atoms. The van der Waals surface area contributed by atoms with Crippen molar-refractivity contribution in [1.29, 1.82) is 0 Å². The SMILES string of the molecule is IC[C@@H](Cc1ccccc1)c1ccccc1. The Balaban J connectivity index is 2.13. The molecule has 0 N–H and O–H groups in total. The Bertz CT molecular complexity index is 408. The van der Waals surface area contributed by atoms with Crippen molar-refractivity contribution in [1.82, 2.24) is 0 Å². The van der Waals surface area contributed by atoms with Crippen LogP contribution in [0.2, 0.25) is 0 Å². The van der Waals surface area contributed by atoms with Gasteiger partial charge in [-0.05, 0) is 23.5 Å². The molecule has 0 amide bonds. The molecule has 0 saturated carbocycles. The lowest BCUT2D eigenvalue weighted by Gasteiger charge is -2.14. The van der Waals surface area contributed by atoms with Crippen LogP contribution in [0.3, 0.4) is 0 Å². The quantitative estimate of drug-likeness (QED) is 0.576. The van der Waals surface area contributed by atoms with E-state index in [9.17, 15) is 0 Å². The summed E-state index contributed by atoms with van der Waals surface area (Å²) in [6.45, 7) is 0. The van der Waals surface area contributed by atoms with Crippen LogP contribution in [0.1, 0.15) is 17.0 Å². The standard InChI is InChI=1S/C15H15I/c16-12-15(14-9-5-2-6-10-14)11-13-7-3-1-4-8-13/h1-10,15H,11-12H2/t15-/m1/s1. The summed E-state index contributed by atoms with van der Waals surface area (Å²) in [5.41, 5.74) is 2.87. The molecule has 2 aromatic rings. The Kier molecular flexibility index (Phi) is 4.40. The summed E-state index contributed by atoms with van der Waals surface area (Å²) < 4.78 is 1.16. The predicted molar refractivity (Wildman–Crippen MR) is 78.2 cm³/mol. The smallest absolute Gasteiger partial charge is 0.00674 e. The first-order valence-corrected chi connectivity index (χ1v) is 7.07. The minimum Gasteiger partial charge on any atom is -0.0857 e. The van der Waals surface area contributed by atoms with Crippen molar-refractivity contribution >= 4 is 22.6 Å². The molecule has 0 radical (unpaired) electrons. The number of hydrogen-bond acceptors (Lipinski definition) is 0. The van der Waals surface area contributed by atoms with Gasteiger partial charge in [0.25, 0.3) is 0 Å². The van der Waals surface area contributed by atoms with Crippen molar-refractivity contribution < 1.29 is 0 Å². The highest BCUT2D eigenvalue weighted by Gasteiger charge is 2.09. The number of halogens is 1. The first-order chi connectivity index (χ1) is 7.90. The van der Waals surface area contributed by atoms with Gasteiger partial charge in [-0.15, -0.1) is 0 Å². The zero-order chi connectivity index (χ0) is 11.2. The van der Waals surface area contributed by atoms with E-state index < -0.39 is 0 Å². The predicted octanol–water partition coefficient (Wildman–Crippen LogP) is 4.45. The molecule has 0 heterocycles. The van der Waals surface area contributed by atoms with Gasteiger partial charge in [-0.25, -0.2) is 0 Å². The fourth-order valence-corrected chi connectivity index (χ4v) is 2.71. The molecular weight excluding hydrogens is 307 g/mol. The van der Waals surface area contributed by atoms with Crippen LogP contribution >= 0.6 is 22.6 Å². The molecule has 0 bridgehead atoms. The summed E-state index contributed by atoms with van der Waals surface area (Å²) in [5.74, 6) is 0.629. The van der Waals surface area contributed by atoms with Gasteiger partial charge in [0, 0.05) is 4.43 Å². The van der Waals surface area contributed by atoms with Crippen LogP contribution in [0, 0.1) is 0 Å². The minimum absolute atomic E-state index is 0.629. The first kappa shape index (κ1) is 11.6. The summed E-state index contributed by atoms with van der Waals surface area (Å²) in [6.07, 6.45) is 1.13. The van der Waals surface area contributed by atoms with E-state index in [0.29, 0.717) is 5.92 Å². The highest BCUT2D eigenvalue weighted by Crippen LogP contribution is 2.22. The number of rotatable bonds is 4. The summed E-state index contributed by atoms with van der Waals surface area (Å²) in [4.78, 5) is 0. The van der Waals surface area contributed by atoms with E-state index in [1.807, 2.05) is 0 Å². The van der Waals surface area contributed by atoms with Gasteiger partial charge in [-0.3, -0.25) is 0 Å². The van der Waals surface area contributed by atoms with E-state index in [0.717, 1.165) is 10.8 Å². The Morgan fingerprint density at radius 3 is 1.94 bits per heavy atom. The van der Waals surface area contributed by atoms with E-state index in [-0.39, 0.29) is 0 Å². The lowest BCUT2D eigenvalue weighted by molar-refractivity contribution is 0.781. The van der Waals surface area contributed by atoms with E-state index in [2.05, 4.69) is 83.3 Å². The third kappa shape index (κ3) is 3.08. The molecule has 1 atom stereocenters. The van der Waals surface area contributed by atoms with Crippen LogP contribution < -0.4 is 0 Å². The summed E-state index contributed by atoms with van der Waals surface area (Å²) in [6, 6.07) is 21.5. The van der Waals surface area contributed by atoms with Crippen molar-refractivity contribution in [2.24, 2.45) is 0 Å². The van der Waals surface area contributed by atoms with Crippen LogP contribution in [0.5, 0.6) is 0 Å². The van der Waals surface area contributed by atoms with Crippen molar-refractivity contribution in [3.8, 4) is 0 Å². The molecule has 82 valence electrons. The Hall–Kier alpha value is -0.830. The van der Waals surface area contributed by atoms with E-state index in [1.165, 1.54) is 11.1 Å². The van der Waals surface area contributed by atoms with Crippen LogP contribution in [0.25, 0.3) is 0 Å². The second-order valence-corrected chi connectivity index (χ2v) is 4.83. The van der Waals surface area contributed by atoms with E-state index >= 15 is 0 Å². The Labute approximate surface area is 111 Å². The molecule has 0 aliphatic carbocycles. The van der Waals surface area contributed by atoms with E-state index in [4.69, 9.17) is 0 Å². The number of hydrogen-bond donors (Lipinski definition) is 0. The monoisotopic (exact) mass is 322 g/mol. The van der Waals surface area contributed by atoms with E-state index in [1.54, 1.807) is 0 Å². The molecule has 1 heteroatoms. The van der Waals surface area contributed by atoms with Crippen LogP contribution in [-0.2, 0) is 6.42 Å². The molecule has 0 nitrogen and oxygen atoms in total. The fraction of sp³-hybridized carbons (Fsp3) is 0.200. The molecule has 0 unspecified atom stereocenters. The largest absolute Gasteiger partial charge is 0.0857 e. The zero-order valence-electron chi connectivity index (χ0n) is 9.14. The number of benzene rings is 2. The third-order valence-electron chi connectivity index (χ3n) is 2.78. The topological polar surface area (TPSA) is 0 Å². The van der Waals surface area contributed by atoms with Crippen molar-refractivity contribution in [3.05, 3.63) is 71.8 Å². The van der Waals surface area contributed by atoms with Crippen molar-refractivity contribution in [2.45, 2.75) is 12.3 Å². The fourth-order valence-electron chi connectivity index (χ4n) is 1.89. The zero-order valence-corrected chi connectivity index (χ0v) is 11.3. The highest BCUT2D eigenvalue weighted by atomic mass is 127. The van der Waals surface area contributed by atoms with Gasteiger partial charge < -0.3 is 0 Å². The van der Waals surface area contributed by atoms with Crippen molar-refractivity contribution in [3.63, 3.8) is 0 Å². The lowest BCUT2D eigenvalue weighted by atomic mass is 9.94. The molecule has 0 aliphatic rings. The second kappa shape index (κ2) is 6.04. The molecule has 0 spiro atoms. The minimum atomic E-state index is 0.629. The molecule has 0 aromatic heterocycles. The number of alkyl halides is 1. The molecule has 0 aliphatic heterocycles. The maximum Gasteiger partial charge on any atom is 0.00674 e. The summed E-state index contributed by atoms with van der Waals surface area (Å²) in [5, 5.41) is 0. The maximum absolute atomic E-state index is 2.48. The van der Waals surface area contributed by atoms with Gasteiger partial charge in [0.05, 0.1) is 0 Å². The highest BCUT2D eigenvalue weighted by molar-refractivity contribution is 14.1. The Morgan fingerprint density at radius 2 is 1.38 bits per heavy atom. The molecule has 2 rings (SSSR count). The maximum atomic E-state index is 2.48. The molecular formula is C15H15I. The van der Waals surface area contributed by atoms with Gasteiger partial charge in [0.1, 0.15) is 0 Å². The van der Waals surface area contributed by atoms with Gasteiger partial charge in [0.2, 0.25) is 0 Å². The lowest BCUT2D eigenvalue weighted by Crippen LogP contribution is -2.04. The molecule has 0 saturated heterocycles. The van der Waals surface area contributed by atoms with Crippen LogP contribution in [-0.4, -0.2) is 4.43 Å². The summed E-state index contributed by atoms with van der Waals surface area (Å²) >= 11 is 2.48. The van der Waals surface area contributed by atoms with Crippen LogP contribution in [0.15, 0.2) is 60.7 Å². The third-order valence-corrected chi connectivity index (χ3v) is 3.85. The second-order valence-electron chi connectivity index (χ2n) is 3.95. The van der Waals surface area contributed by atoms with Gasteiger partial charge in [-0.2, -0.15) is 0 Å². The van der Waals surface area contributed by atoms with Crippen LogP contribution in [0.4, 0.5) is 0 Å². The van der Waals surface area contributed by atoms with Gasteiger partial charge in [-0.1, -0.05) is 83.3 Å². The first-order valence-electron chi connectivity index (χ1n) is 5.55. The van der Waals surface area contributed by atoms with Gasteiger partial charge in [0.15, 0.2) is 0 Å². The molecule has 0 fully saturated rings. The summed E-state index contributed by atoms with van der Waals surface area (Å²) in [7, 11) is 0. The average molecular weight is 322 g/mol. The average Bonchev–Trinajstić information content (AvgIpc) is 2.38. The van der Waals surface area contributed by atoms with Crippen molar-refractivity contribution in [2.75, 3.05) is 4.43 Å². The normalized spacial score (nSPS) is 12.3. The Morgan fingerprint density at radius 1 is 0.812 bits per heavy atom. The van der Waals surface area contributed by atoms with Gasteiger partial charge >= 0.3 is 0 Å².